The van der Waals surface area contributed by atoms with Gasteiger partial charge in [0.15, 0.2) is 0 Å². The van der Waals surface area contributed by atoms with Gasteiger partial charge in [-0.3, -0.25) is 4.79 Å². The summed E-state index contributed by atoms with van der Waals surface area (Å²) < 4.78 is 0. The summed E-state index contributed by atoms with van der Waals surface area (Å²) in [4.78, 5) is 9.70. The maximum atomic E-state index is 9.70. The summed E-state index contributed by atoms with van der Waals surface area (Å²) in [6, 6.07) is 0. The molecule has 0 saturated carbocycles. The third kappa shape index (κ3) is 5.98. The molecule has 0 aliphatic heterocycles. The van der Waals surface area contributed by atoms with Gasteiger partial charge >= 0.3 is 5.97 Å². The number of carboxylic acid groups (broad SMARTS) is 1. The Morgan fingerprint density at radius 2 is 1.71 bits per heavy atom. The van der Waals surface area contributed by atoms with E-state index in [9.17, 15) is 4.79 Å². The zero-order chi connectivity index (χ0) is 5.15. The van der Waals surface area contributed by atoms with Crippen LogP contribution in [-0.4, -0.2) is 11.1 Å². The van der Waals surface area contributed by atoms with Crippen LogP contribution in [0, 0.1) is 5.92 Å². The van der Waals surface area contributed by atoms with Gasteiger partial charge in [-0.05, 0) is 0 Å². The van der Waals surface area contributed by atoms with Crippen molar-refractivity contribution < 1.29 is 26.7 Å². The number of hydrogen-bond donors (Lipinski definition) is 1. The minimum atomic E-state index is -0.741. The van der Waals surface area contributed by atoms with Crippen molar-refractivity contribution in [2.45, 2.75) is 13.8 Å². The second-order valence-electron chi connectivity index (χ2n) is 1.49. The average molecular weight is 147 g/mol. The fraction of sp³-hybridized carbons (Fsp3) is 0.750. The molecule has 1 radical (unpaired) electrons. The van der Waals surface area contributed by atoms with E-state index in [0.29, 0.717) is 0 Å². The van der Waals surface area contributed by atoms with E-state index < -0.39 is 5.97 Å². The Morgan fingerprint density at radius 3 is 1.71 bits per heavy atom. The molecule has 1 N–H and O–H groups in total. The standard InChI is InChI=1S/C4H8O2.Co/c1-3(2)4(5)6;/h3H,1-2H3,(H,5,6);. The topological polar surface area (TPSA) is 37.3 Å². The van der Waals surface area contributed by atoms with E-state index in [4.69, 9.17) is 5.11 Å². The van der Waals surface area contributed by atoms with Crippen LogP contribution in [0.5, 0.6) is 0 Å². The average Bonchev–Trinajstić information content (AvgIpc) is 1.36. The van der Waals surface area contributed by atoms with Gasteiger partial charge in [-0.25, -0.2) is 0 Å². The van der Waals surface area contributed by atoms with E-state index in [0.717, 1.165) is 0 Å². The van der Waals surface area contributed by atoms with Gasteiger partial charge in [0, 0.05) is 16.8 Å². The van der Waals surface area contributed by atoms with Crippen LogP contribution >= 0.6 is 0 Å². The molecule has 0 amide bonds. The predicted octanol–water partition coefficient (Wildman–Crippen LogP) is 0.724. The minimum Gasteiger partial charge on any atom is -0.481 e. The molecule has 2 nitrogen and oxygen atoms in total. The summed E-state index contributed by atoms with van der Waals surface area (Å²) in [5, 5.41) is 7.99. The second-order valence-corrected chi connectivity index (χ2v) is 1.49. The molecular weight excluding hydrogens is 139 g/mol. The number of hydrogen-bond acceptors (Lipinski definition) is 1. The molecular formula is C4H8CoO2. The largest absolute Gasteiger partial charge is 0.481 e. The third-order valence-corrected chi connectivity index (χ3v) is 0.494. The van der Waals surface area contributed by atoms with E-state index in [1.807, 2.05) is 0 Å². The monoisotopic (exact) mass is 147 g/mol. The second kappa shape index (κ2) is 4.14. The molecule has 0 rings (SSSR count). The molecule has 0 spiro atoms. The Labute approximate surface area is 53.1 Å². The number of carboxylic acids is 1. The van der Waals surface area contributed by atoms with E-state index in [-0.39, 0.29) is 22.7 Å². The molecule has 0 heterocycles. The fourth-order valence-electron chi connectivity index (χ4n) is 0. The maximum absolute atomic E-state index is 9.70. The van der Waals surface area contributed by atoms with E-state index in [2.05, 4.69) is 0 Å². The SMILES string of the molecule is CC(C)C(=O)O.[Co]. The van der Waals surface area contributed by atoms with Crippen molar-refractivity contribution in [1.82, 2.24) is 0 Å². The molecule has 0 aliphatic carbocycles. The Kier molecular flexibility index (Phi) is 5.96. The molecule has 0 saturated heterocycles. The van der Waals surface area contributed by atoms with Crippen LogP contribution in [0.4, 0.5) is 0 Å². The first-order valence-corrected chi connectivity index (χ1v) is 1.87. The van der Waals surface area contributed by atoms with Gasteiger partial charge in [-0.2, -0.15) is 0 Å². The normalized spacial score (nSPS) is 7.86. The van der Waals surface area contributed by atoms with E-state index >= 15 is 0 Å². The van der Waals surface area contributed by atoms with Crippen LogP contribution < -0.4 is 0 Å². The van der Waals surface area contributed by atoms with Crippen LogP contribution in [0.2, 0.25) is 0 Å². The van der Waals surface area contributed by atoms with Crippen LogP contribution in [0.1, 0.15) is 13.8 Å². The molecule has 0 atom stereocenters. The van der Waals surface area contributed by atoms with Crippen LogP contribution in [0.3, 0.4) is 0 Å². The molecule has 0 bridgehead atoms. The summed E-state index contributed by atoms with van der Waals surface area (Å²) in [5.41, 5.74) is 0. The van der Waals surface area contributed by atoms with Gasteiger partial charge in [0.05, 0.1) is 5.92 Å². The van der Waals surface area contributed by atoms with Crippen molar-refractivity contribution in [3.63, 3.8) is 0 Å². The van der Waals surface area contributed by atoms with Crippen molar-refractivity contribution >= 4 is 5.97 Å². The predicted molar refractivity (Wildman–Crippen MR) is 22.5 cm³/mol. The molecule has 0 unspecified atom stereocenters. The third-order valence-electron chi connectivity index (χ3n) is 0.494. The van der Waals surface area contributed by atoms with Gasteiger partial charge in [-0.1, -0.05) is 13.8 Å². The van der Waals surface area contributed by atoms with E-state index in [1.165, 1.54) is 0 Å². The van der Waals surface area contributed by atoms with Crippen LogP contribution in [0.25, 0.3) is 0 Å². The van der Waals surface area contributed by atoms with Crippen LogP contribution in [-0.2, 0) is 21.6 Å². The van der Waals surface area contributed by atoms with E-state index in [1.54, 1.807) is 13.8 Å². The molecule has 0 aromatic rings. The molecule has 7 heavy (non-hydrogen) atoms. The molecule has 0 aliphatic rings. The fourth-order valence-corrected chi connectivity index (χ4v) is 0. The zero-order valence-corrected chi connectivity index (χ0v) is 5.31. The van der Waals surface area contributed by atoms with Gasteiger partial charge in [0.25, 0.3) is 0 Å². The first-order chi connectivity index (χ1) is 2.64. The molecule has 0 aromatic carbocycles. The molecule has 0 aromatic heterocycles. The summed E-state index contributed by atoms with van der Waals surface area (Å²) in [5.74, 6) is -0.972. The molecule has 45 valence electrons. The minimum absolute atomic E-state index is 0. The Hall–Kier alpha value is -0.0235. The Bertz CT molecular complexity index is 60.7. The Balaban J connectivity index is 0. The quantitative estimate of drug-likeness (QED) is 0.593. The smallest absolute Gasteiger partial charge is 0.305 e. The van der Waals surface area contributed by atoms with Crippen molar-refractivity contribution in [3.05, 3.63) is 0 Å². The van der Waals surface area contributed by atoms with Crippen molar-refractivity contribution in [3.8, 4) is 0 Å². The molecule has 0 fully saturated rings. The first-order valence-electron chi connectivity index (χ1n) is 1.87. The van der Waals surface area contributed by atoms with Gasteiger partial charge in [0.1, 0.15) is 0 Å². The number of carbonyl (C=O) groups is 1. The molecule has 3 heteroatoms. The van der Waals surface area contributed by atoms with Gasteiger partial charge in [-0.15, -0.1) is 0 Å². The van der Waals surface area contributed by atoms with Crippen molar-refractivity contribution in [1.29, 1.82) is 0 Å². The van der Waals surface area contributed by atoms with Crippen molar-refractivity contribution in [2.75, 3.05) is 0 Å². The van der Waals surface area contributed by atoms with Gasteiger partial charge in [0.2, 0.25) is 0 Å². The Morgan fingerprint density at radius 1 is 1.57 bits per heavy atom. The maximum Gasteiger partial charge on any atom is 0.305 e. The zero-order valence-electron chi connectivity index (χ0n) is 4.27. The summed E-state index contributed by atoms with van der Waals surface area (Å²) in [6.07, 6.45) is 0. The van der Waals surface area contributed by atoms with Crippen LogP contribution in [0.15, 0.2) is 0 Å². The number of aliphatic carboxylic acids is 1. The first kappa shape index (κ1) is 10.1. The summed E-state index contributed by atoms with van der Waals surface area (Å²) in [6.45, 7) is 3.28. The summed E-state index contributed by atoms with van der Waals surface area (Å²) >= 11 is 0. The summed E-state index contributed by atoms with van der Waals surface area (Å²) in [7, 11) is 0. The van der Waals surface area contributed by atoms with Gasteiger partial charge < -0.3 is 5.11 Å². The van der Waals surface area contributed by atoms with Crippen molar-refractivity contribution in [2.24, 2.45) is 5.92 Å². The number of rotatable bonds is 1.